The Morgan fingerprint density at radius 3 is 2.39 bits per heavy atom. The van der Waals surface area contributed by atoms with E-state index in [1.807, 2.05) is 31.2 Å². The highest BCUT2D eigenvalue weighted by Crippen LogP contribution is 2.28. The van der Waals surface area contributed by atoms with Crippen LogP contribution >= 0.6 is 0 Å². The van der Waals surface area contributed by atoms with Crippen LogP contribution in [0, 0.1) is 18.3 Å². The average molecular weight is 372 g/mol. The number of rotatable bonds is 3. The minimum absolute atomic E-state index is 0.313. The molecule has 0 atom stereocenters. The zero-order chi connectivity index (χ0) is 19.7. The number of aryl methyl sites for hydroxylation is 1. The van der Waals surface area contributed by atoms with Gasteiger partial charge >= 0.3 is 0 Å². The van der Waals surface area contributed by atoms with Crippen molar-refractivity contribution in [1.29, 1.82) is 5.26 Å². The maximum Gasteiger partial charge on any atom is 0.143 e. The number of anilines is 2. The zero-order valence-electron chi connectivity index (χ0n) is 16.6. The van der Waals surface area contributed by atoms with E-state index in [0.29, 0.717) is 11.6 Å². The van der Waals surface area contributed by atoms with Gasteiger partial charge in [0.15, 0.2) is 0 Å². The van der Waals surface area contributed by atoms with Crippen molar-refractivity contribution in [3.05, 3.63) is 53.6 Å². The Balaban J connectivity index is 1.59. The fraction of sp³-hybridized carbons (Fsp3) is 0.364. The van der Waals surface area contributed by atoms with Gasteiger partial charge in [-0.05, 0) is 19.1 Å². The van der Waals surface area contributed by atoms with Crippen LogP contribution in [0.2, 0.25) is 0 Å². The van der Waals surface area contributed by atoms with Crippen LogP contribution in [0.3, 0.4) is 0 Å². The van der Waals surface area contributed by atoms with Gasteiger partial charge < -0.3 is 9.80 Å². The second-order valence-corrected chi connectivity index (χ2v) is 7.51. The fourth-order valence-corrected chi connectivity index (χ4v) is 3.65. The number of benzene rings is 1. The molecular formula is C22H24N6. The maximum atomic E-state index is 9.35. The molecule has 1 fully saturated rings. The summed E-state index contributed by atoms with van der Waals surface area (Å²) in [5.41, 5.74) is 3.43. The highest BCUT2D eigenvalue weighted by molar-refractivity contribution is 5.92. The van der Waals surface area contributed by atoms with Gasteiger partial charge in [-0.1, -0.05) is 32.0 Å². The molecule has 6 heteroatoms. The van der Waals surface area contributed by atoms with Crippen LogP contribution in [0.5, 0.6) is 0 Å². The number of nitrogens with zero attached hydrogens (tertiary/aromatic N) is 6. The predicted molar refractivity (Wildman–Crippen MR) is 112 cm³/mol. The van der Waals surface area contributed by atoms with Gasteiger partial charge in [-0.25, -0.2) is 15.0 Å². The summed E-state index contributed by atoms with van der Waals surface area (Å²) in [4.78, 5) is 18.4. The van der Waals surface area contributed by atoms with Crippen LogP contribution in [-0.4, -0.2) is 41.1 Å². The van der Waals surface area contributed by atoms with Crippen LogP contribution in [-0.2, 0) is 0 Å². The van der Waals surface area contributed by atoms with Gasteiger partial charge in [-0.3, -0.25) is 0 Å². The molecule has 0 N–H and O–H groups in total. The molecule has 0 radical (unpaired) electrons. The zero-order valence-corrected chi connectivity index (χ0v) is 16.6. The van der Waals surface area contributed by atoms with Crippen LogP contribution in [0.15, 0.2) is 36.4 Å². The predicted octanol–water partition coefficient (Wildman–Crippen LogP) is 3.65. The Morgan fingerprint density at radius 2 is 1.68 bits per heavy atom. The summed E-state index contributed by atoms with van der Waals surface area (Å²) in [6.07, 6.45) is 0. The average Bonchev–Trinajstić information content (AvgIpc) is 2.72. The number of fused-ring (bicyclic) bond motifs is 1. The van der Waals surface area contributed by atoms with E-state index in [4.69, 9.17) is 4.98 Å². The number of nitriles is 1. The van der Waals surface area contributed by atoms with E-state index in [2.05, 4.69) is 51.8 Å². The van der Waals surface area contributed by atoms with E-state index < -0.39 is 0 Å². The lowest BCUT2D eigenvalue weighted by Gasteiger charge is -2.37. The lowest BCUT2D eigenvalue weighted by Crippen LogP contribution is -2.47. The smallest absolute Gasteiger partial charge is 0.143 e. The summed E-state index contributed by atoms with van der Waals surface area (Å²) in [5.74, 6) is 2.22. The third-order valence-corrected chi connectivity index (χ3v) is 5.13. The first kappa shape index (κ1) is 18.2. The van der Waals surface area contributed by atoms with Crippen LogP contribution in [0.4, 0.5) is 11.5 Å². The minimum Gasteiger partial charge on any atom is -0.367 e. The Kier molecular flexibility index (Phi) is 4.82. The molecule has 1 aliphatic heterocycles. The maximum absolute atomic E-state index is 9.35. The van der Waals surface area contributed by atoms with Crippen LogP contribution in [0.1, 0.15) is 37.0 Å². The van der Waals surface area contributed by atoms with E-state index in [0.717, 1.165) is 60.1 Å². The molecular weight excluding hydrogens is 348 g/mol. The number of aromatic nitrogens is 3. The highest BCUT2D eigenvalue weighted by atomic mass is 15.3. The van der Waals surface area contributed by atoms with Crippen LogP contribution < -0.4 is 9.80 Å². The van der Waals surface area contributed by atoms with Crippen molar-refractivity contribution in [2.24, 2.45) is 0 Å². The second kappa shape index (κ2) is 7.43. The number of para-hydroxylation sites is 1. The molecule has 0 amide bonds. The van der Waals surface area contributed by atoms with E-state index >= 15 is 0 Å². The molecule has 142 valence electrons. The van der Waals surface area contributed by atoms with E-state index in [1.165, 1.54) is 0 Å². The number of hydrogen-bond donors (Lipinski definition) is 0. The molecule has 3 aromatic rings. The first-order valence-corrected chi connectivity index (χ1v) is 9.70. The normalized spacial score (nSPS) is 14.5. The van der Waals surface area contributed by atoms with Gasteiger partial charge in [0.2, 0.25) is 0 Å². The molecule has 1 saturated heterocycles. The lowest BCUT2D eigenvalue weighted by molar-refractivity contribution is 0.642. The van der Waals surface area contributed by atoms with Gasteiger partial charge in [0.25, 0.3) is 0 Å². The molecule has 1 aliphatic rings. The summed E-state index contributed by atoms with van der Waals surface area (Å²) in [5, 5.41) is 10.4. The fourth-order valence-electron chi connectivity index (χ4n) is 3.65. The van der Waals surface area contributed by atoms with Crippen molar-refractivity contribution in [3.63, 3.8) is 0 Å². The van der Waals surface area contributed by atoms with E-state index in [-0.39, 0.29) is 0 Å². The molecule has 1 aromatic carbocycles. The first-order chi connectivity index (χ1) is 13.5. The van der Waals surface area contributed by atoms with Crippen molar-refractivity contribution in [2.75, 3.05) is 36.0 Å². The summed E-state index contributed by atoms with van der Waals surface area (Å²) in [6, 6.07) is 14.2. The topological polar surface area (TPSA) is 68.9 Å². The van der Waals surface area contributed by atoms with Gasteiger partial charge in [0.05, 0.1) is 5.52 Å². The molecule has 28 heavy (non-hydrogen) atoms. The lowest BCUT2D eigenvalue weighted by atomic mass is 10.1. The largest absolute Gasteiger partial charge is 0.367 e. The minimum atomic E-state index is 0.313. The van der Waals surface area contributed by atoms with Gasteiger partial charge in [0.1, 0.15) is 23.4 Å². The summed E-state index contributed by atoms with van der Waals surface area (Å²) < 4.78 is 0. The third kappa shape index (κ3) is 3.48. The molecule has 0 spiro atoms. The van der Waals surface area contributed by atoms with Crippen molar-refractivity contribution in [1.82, 2.24) is 15.0 Å². The summed E-state index contributed by atoms with van der Waals surface area (Å²) in [7, 11) is 0. The molecule has 0 saturated carbocycles. The molecule has 0 bridgehead atoms. The van der Waals surface area contributed by atoms with Crippen molar-refractivity contribution in [3.8, 4) is 6.07 Å². The Morgan fingerprint density at radius 1 is 0.964 bits per heavy atom. The standard InChI is InChI=1S/C22H24N6/c1-15(2)22-24-16(3)12-21(26-22)28-10-8-27(9-11-28)20-13-17(14-23)25-19-7-5-4-6-18(19)20/h4-7,12-13,15H,8-11H2,1-3H3. The Labute approximate surface area is 165 Å². The highest BCUT2D eigenvalue weighted by Gasteiger charge is 2.21. The molecule has 4 rings (SSSR count). The quantitative estimate of drug-likeness (QED) is 0.699. The number of hydrogen-bond acceptors (Lipinski definition) is 6. The molecule has 6 nitrogen and oxygen atoms in total. The monoisotopic (exact) mass is 372 g/mol. The first-order valence-electron chi connectivity index (χ1n) is 9.70. The second-order valence-electron chi connectivity index (χ2n) is 7.51. The van der Waals surface area contributed by atoms with E-state index in [1.54, 1.807) is 0 Å². The molecule has 2 aromatic heterocycles. The van der Waals surface area contributed by atoms with Gasteiger partial charge in [-0.2, -0.15) is 5.26 Å². The Hall–Kier alpha value is -3.20. The van der Waals surface area contributed by atoms with Crippen molar-refractivity contribution >= 4 is 22.4 Å². The summed E-state index contributed by atoms with van der Waals surface area (Å²) in [6.45, 7) is 9.78. The van der Waals surface area contributed by atoms with E-state index in [9.17, 15) is 5.26 Å². The van der Waals surface area contributed by atoms with Crippen molar-refractivity contribution in [2.45, 2.75) is 26.7 Å². The third-order valence-electron chi connectivity index (χ3n) is 5.13. The number of piperazine rings is 1. The summed E-state index contributed by atoms with van der Waals surface area (Å²) >= 11 is 0. The van der Waals surface area contributed by atoms with Gasteiger partial charge in [0, 0.05) is 54.9 Å². The van der Waals surface area contributed by atoms with Gasteiger partial charge in [-0.15, -0.1) is 0 Å². The molecule has 3 heterocycles. The number of pyridine rings is 1. The molecule has 0 aliphatic carbocycles. The SMILES string of the molecule is Cc1cc(N2CCN(c3cc(C#N)nc4ccccc34)CC2)nc(C(C)C)n1. The Bertz CT molecular complexity index is 1040. The molecule has 0 unspecified atom stereocenters. The van der Waals surface area contributed by atoms with Crippen molar-refractivity contribution < 1.29 is 0 Å². The van der Waals surface area contributed by atoms with Crippen LogP contribution in [0.25, 0.3) is 10.9 Å².